The molecule has 0 aliphatic heterocycles. The van der Waals surface area contributed by atoms with E-state index in [9.17, 15) is 4.79 Å². The van der Waals surface area contributed by atoms with Crippen LogP contribution < -0.4 is 5.32 Å². The molecule has 0 aliphatic rings. The summed E-state index contributed by atoms with van der Waals surface area (Å²) in [5.41, 5.74) is -0.504. The lowest BCUT2D eigenvalue weighted by atomic mass is 10.2. The summed E-state index contributed by atoms with van der Waals surface area (Å²) in [6.45, 7) is 12.4. The number of amides is 1. The summed E-state index contributed by atoms with van der Waals surface area (Å²) in [5, 5.41) is 11.2. The Balaban J connectivity index is 3.10. The van der Waals surface area contributed by atoms with Crippen LogP contribution in [0, 0.1) is 0 Å². The Labute approximate surface area is 191 Å². The quantitative estimate of drug-likeness (QED) is 0.206. The molecule has 0 aromatic carbocycles. The van der Waals surface area contributed by atoms with Gasteiger partial charge in [0.25, 0.3) is 0 Å². The molecule has 0 saturated heterocycles. The molecule has 0 heterocycles. The van der Waals surface area contributed by atoms with Crippen LogP contribution in [0.15, 0.2) is 0 Å². The molecular weight excluding hydrogens is 426 g/mol. The van der Waals surface area contributed by atoms with Gasteiger partial charge in [0.05, 0.1) is 99.1 Å². The van der Waals surface area contributed by atoms with E-state index < -0.39 is 11.7 Å². The zero-order chi connectivity index (χ0) is 23.8. The van der Waals surface area contributed by atoms with Gasteiger partial charge in [-0.05, 0) is 20.8 Å². The average molecular weight is 470 g/mol. The molecule has 11 heteroatoms. The fourth-order valence-electron chi connectivity index (χ4n) is 2.03. The van der Waals surface area contributed by atoms with Crippen molar-refractivity contribution in [1.29, 1.82) is 0 Å². The number of ether oxygens (including phenoxy) is 8. The van der Waals surface area contributed by atoms with Crippen LogP contribution in [0.5, 0.6) is 0 Å². The zero-order valence-electron chi connectivity index (χ0n) is 19.9. The van der Waals surface area contributed by atoms with E-state index in [0.29, 0.717) is 99.0 Å². The number of rotatable bonds is 23. The minimum Gasteiger partial charge on any atom is -0.444 e. The summed E-state index contributed by atoms with van der Waals surface area (Å²) in [5.74, 6) is 0. The third kappa shape index (κ3) is 27.0. The summed E-state index contributed by atoms with van der Waals surface area (Å²) in [6, 6.07) is 0. The van der Waals surface area contributed by atoms with E-state index in [2.05, 4.69) is 5.32 Å². The number of aliphatic hydroxyl groups excluding tert-OH is 1. The standard InChI is InChI=1S/C21H43NO10/c1-21(2,3)32-20(24)22-4-6-25-8-10-27-12-14-29-16-18-31-19-17-30-15-13-28-11-9-26-7-5-23/h23H,4-19H2,1-3H3,(H,22,24). The predicted molar refractivity (Wildman–Crippen MR) is 117 cm³/mol. The molecule has 0 saturated carbocycles. The van der Waals surface area contributed by atoms with E-state index in [1.807, 2.05) is 20.8 Å². The highest BCUT2D eigenvalue weighted by molar-refractivity contribution is 5.67. The van der Waals surface area contributed by atoms with Crippen molar-refractivity contribution in [2.75, 3.05) is 106 Å². The Kier molecular flexibility index (Phi) is 22.4. The topological polar surface area (TPSA) is 123 Å². The minimum absolute atomic E-state index is 0.0244. The second kappa shape index (κ2) is 23.1. The smallest absolute Gasteiger partial charge is 0.407 e. The molecule has 192 valence electrons. The van der Waals surface area contributed by atoms with Crippen molar-refractivity contribution in [1.82, 2.24) is 5.32 Å². The van der Waals surface area contributed by atoms with Crippen LogP contribution in [0.25, 0.3) is 0 Å². The first-order valence-electron chi connectivity index (χ1n) is 11.1. The normalized spacial score (nSPS) is 11.6. The Morgan fingerprint density at radius 1 is 0.594 bits per heavy atom. The van der Waals surface area contributed by atoms with Crippen molar-refractivity contribution in [3.8, 4) is 0 Å². The molecule has 1 amide bonds. The second-order valence-electron chi connectivity index (χ2n) is 7.44. The molecule has 0 aromatic heterocycles. The number of nitrogens with one attached hydrogen (secondary N) is 1. The second-order valence-corrected chi connectivity index (χ2v) is 7.44. The number of hydrogen-bond acceptors (Lipinski definition) is 10. The number of carbonyl (C=O) groups is 1. The number of aliphatic hydroxyl groups is 1. The molecule has 0 unspecified atom stereocenters. The Morgan fingerprint density at radius 3 is 1.22 bits per heavy atom. The predicted octanol–water partition coefficient (Wildman–Crippen LogP) is 0.620. The minimum atomic E-state index is -0.504. The SMILES string of the molecule is CC(C)(C)OC(=O)NCCOCCOCCOCCOCCOCCOCCOCCO. The maximum atomic E-state index is 11.4. The highest BCUT2D eigenvalue weighted by atomic mass is 16.6. The molecule has 2 N–H and O–H groups in total. The summed E-state index contributed by atoms with van der Waals surface area (Å²) in [4.78, 5) is 11.4. The van der Waals surface area contributed by atoms with Crippen molar-refractivity contribution in [3.05, 3.63) is 0 Å². The third-order valence-electron chi connectivity index (χ3n) is 3.38. The van der Waals surface area contributed by atoms with Crippen LogP contribution in [0.2, 0.25) is 0 Å². The lowest BCUT2D eigenvalue weighted by Gasteiger charge is -2.19. The van der Waals surface area contributed by atoms with Crippen LogP contribution in [-0.2, 0) is 37.9 Å². The van der Waals surface area contributed by atoms with E-state index in [-0.39, 0.29) is 6.61 Å². The molecule has 11 nitrogen and oxygen atoms in total. The van der Waals surface area contributed by atoms with E-state index in [1.54, 1.807) is 0 Å². The van der Waals surface area contributed by atoms with Crippen molar-refractivity contribution in [2.24, 2.45) is 0 Å². The van der Waals surface area contributed by atoms with Gasteiger partial charge < -0.3 is 48.3 Å². The fraction of sp³-hybridized carbons (Fsp3) is 0.952. The van der Waals surface area contributed by atoms with E-state index in [0.717, 1.165) is 0 Å². The molecule has 0 aliphatic carbocycles. The average Bonchev–Trinajstić information content (AvgIpc) is 2.73. The molecular formula is C21H43NO10. The Morgan fingerprint density at radius 2 is 0.906 bits per heavy atom. The zero-order valence-corrected chi connectivity index (χ0v) is 19.9. The number of carbonyl (C=O) groups excluding carboxylic acids is 1. The van der Waals surface area contributed by atoms with Gasteiger partial charge in [-0.3, -0.25) is 0 Å². The van der Waals surface area contributed by atoms with Crippen LogP contribution in [0.3, 0.4) is 0 Å². The first-order valence-corrected chi connectivity index (χ1v) is 11.1. The van der Waals surface area contributed by atoms with Crippen molar-refractivity contribution in [3.63, 3.8) is 0 Å². The maximum absolute atomic E-state index is 11.4. The van der Waals surface area contributed by atoms with Gasteiger partial charge in [0.2, 0.25) is 0 Å². The van der Waals surface area contributed by atoms with Crippen molar-refractivity contribution in [2.45, 2.75) is 26.4 Å². The molecule has 0 rings (SSSR count). The third-order valence-corrected chi connectivity index (χ3v) is 3.38. The van der Waals surface area contributed by atoms with Crippen LogP contribution in [0.1, 0.15) is 20.8 Å². The molecule has 32 heavy (non-hydrogen) atoms. The molecule has 0 radical (unpaired) electrons. The molecule has 0 bridgehead atoms. The van der Waals surface area contributed by atoms with Gasteiger partial charge in [0.15, 0.2) is 0 Å². The first-order chi connectivity index (χ1) is 15.5. The molecule has 0 aromatic rings. The molecule has 0 atom stereocenters. The van der Waals surface area contributed by atoms with Gasteiger partial charge in [-0.2, -0.15) is 0 Å². The summed E-state index contributed by atoms with van der Waals surface area (Å²) >= 11 is 0. The molecule has 0 fully saturated rings. The number of hydrogen-bond donors (Lipinski definition) is 2. The monoisotopic (exact) mass is 469 g/mol. The van der Waals surface area contributed by atoms with E-state index in [4.69, 9.17) is 43.0 Å². The van der Waals surface area contributed by atoms with Gasteiger partial charge in [0.1, 0.15) is 5.60 Å². The lowest BCUT2D eigenvalue weighted by molar-refractivity contribution is -0.0214. The highest BCUT2D eigenvalue weighted by Crippen LogP contribution is 2.05. The Hall–Kier alpha value is -1.05. The van der Waals surface area contributed by atoms with Crippen molar-refractivity contribution < 1.29 is 47.8 Å². The first kappa shape index (κ1) is 30.9. The lowest BCUT2D eigenvalue weighted by Crippen LogP contribution is -2.34. The van der Waals surface area contributed by atoms with Crippen molar-refractivity contribution >= 4 is 6.09 Å². The van der Waals surface area contributed by atoms with Crippen LogP contribution >= 0.6 is 0 Å². The van der Waals surface area contributed by atoms with Crippen LogP contribution in [0.4, 0.5) is 4.79 Å². The van der Waals surface area contributed by atoms with Gasteiger partial charge in [-0.1, -0.05) is 0 Å². The summed E-state index contributed by atoms with van der Waals surface area (Å²) in [7, 11) is 0. The van der Waals surface area contributed by atoms with E-state index >= 15 is 0 Å². The molecule has 0 spiro atoms. The van der Waals surface area contributed by atoms with Gasteiger partial charge in [-0.15, -0.1) is 0 Å². The van der Waals surface area contributed by atoms with E-state index in [1.165, 1.54) is 0 Å². The van der Waals surface area contributed by atoms with Gasteiger partial charge >= 0.3 is 6.09 Å². The summed E-state index contributed by atoms with van der Waals surface area (Å²) < 4.78 is 42.4. The number of alkyl carbamates (subject to hydrolysis) is 1. The Bertz CT molecular complexity index is 407. The largest absolute Gasteiger partial charge is 0.444 e. The van der Waals surface area contributed by atoms with Gasteiger partial charge in [0, 0.05) is 6.54 Å². The van der Waals surface area contributed by atoms with Gasteiger partial charge in [-0.25, -0.2) is 4.79 Å². The fourth-order valence-corrected chi connectivity index (χ4v) is 2.03. The highest BCUT2D eigenvalue weighted by Gasteiger charge is 2.15. The maximum Gasteiger partial charge on any atom is 0.407 e. The summed E-state index contributed by atoms with van der Waals surface area (Å²) in [6.07, 6.45) is -0.450. The van der Waals surface area contributed by atoms with Crippen LogP contribution in [-0.4, -0.2) is 122 Å².